The van der Waals surface area contributed by atoms with Gasteiger partial charge in [0.1, 0.15) is 6.04 Å². The van der Waals surface area contributed by atoms with Crippen LogP contribution in [0.25, 0.3) is 0 Å². The lowest BCUT2D eigenvalue weighted by atomic mass is 9.80. The molecule has 1 aliphatic carbocycles. The maximum atomic E-state index is 12.9. The Morgan fingerprint density at radius 1 is 1.10 bits per heavy atom. The van der Waals surface area contributed by atoms with E-state index in [-0.39, 0.29) is 18.7 Å². The molecular weight excluding hydrogens is 386 g/mol. The Labute approximate surface area is 174 Å². The summed E-state index contributed by atoms with van der Waals surface area (Å²) in [5, 5.41) is 5.56. The van der Waals surface area contributed by atoms with Gasteiger partial charge in [-0.3, -0.25) is 40.2 Å². The largest absolute Gasteiger partial charge is 0.385 e. The number of anilines is 1. The first-order valence-electron chi connectivity index (χ1n) is 10.4. The molecule has 1 aromatic rings. The molecule has 9 nitrogen and oxygen atoms in total. The molecular formula is C21H27N5O4. The maximum absolute atomic E-state index is 12.9. The van der Waals surface area contributed by atoms with Gasteiger partial charge in [-0.2, -0.15) is 0 Å². The highest BCUT2D eigenvalue weighted by Gasteiger charge is 2.44. The monoisotopic (exact) mass is 413 g/mol. The second-order valence-corrected chi connectivity index (χ2v) is 8.57. The highest BCUT2D eigenvalue weighted by Crippen LogP contribution is 2.31. The van der Waals surface area contributed by atoms with Crippen LogP contribution in [0.4, 0.5) is 5.69 Å². The minimum absolute atomic E-state index is 0.112. The first-order valence-corrected chi connectivity index (χ1v) is 10.4. The number of imide groups is 2. The number of hydrogen-bond acceptors (Lipinski definition) is 7. The summed E-state index contributed by atoms with van der Waals surface area (Å²) in [6.07, 6.45) is 2.40. The van der Waals surface area contributed by atoms with Crippen molar-refractivity contribution >= 4 is 29.3 Å². The Bertz CT molecular complexity index is 893. The van der Waals surface area contributed by atoms with E-state index in [2.05, 4.69) is 35.3 Å². The number of rotatable bonds is 7. The lowest BCUT2D eigenvalue weighted by molar-refractivity contribution is -0.136. The summed E-state index contributed by atoms with van der Waals surface area (Å²) >= 11 is 0. The van der Waals surface area contributed by atoms with Gasteiger partial charge in [-0.25, -0.2) is 0 Å². The molecule has 1 aromatic carbocycles. The fraction of sp³-hybridized carbons (Fsp3) is 0.524. The van der Waals surface area contributed by atoms with Crippen LogP contribution in [0.1, 0.15) is 60.2 Å². The molecule has 1 unspecified atom stereocenters. The Hall–Kier alpha value is -2.78. The van der Waals surface area contributed by atoms with Crippen molar-refractivity contribution < 1.29 is 19.2 Å². The molecule has 2 fully saturated rings. The van der Waals surface area contributed by atoms with Crippen molar-refractivity contribution in [2.24, 2.45) is 5.92 Å². The molecule has 4 N–H and O–H groups in total. The quantitative estimate of drug-likeness (QED) is 0.385. The molecule has 3 aliphatic rings. The molecule has 0 radical (unpaired) electrons. The topological polar surface area (TPSA) is 120 Å². The zero-order chi connectivity index (χ0) is 21.4. The van der Waals surface area contributed by atoms with Crippen LogP contribution in [0.2, 0.25) is 0 Å². The summed E-state index contributed by atoms with van der Waals surface area (Å²) in [6.45, 7) is 4.97. The van der Waals surface area contributed by atoms with E-state index in [0.29, 0.717) is 29.1 Å². The van der Waals surface area contributed by atoms with E-state index in [0.717, 1.165) is 30.0 Å². The predicted octanol–water partition coefficient (Wildman–Crippen LogP) is 0.781. The summed E-state index contributed by atoms with van der Waals surface area (Å²) in [6, 6.07) is 5.02. The van der Waals surface area contributed by atoms with Crippen LogP contribution in [0.3, 0.4) is 0 Å². The Morgan fingerprint density at radius 3 is 2.53 bits per heavy atom. The smallest absolute Gasteiger partial charge is 0.262 e. The molecule has 1 saturated carbocycles. The molecule has 0 spiro atoms. The van der Waals surface area contributed by atoms with Gasteiger partial charge < -0.3 is 5.32 Å². The number of carbonyl (C=O) groups is 4. The van der Waals surface area contributed by atoms with Gasteiger partial charge >= 0.3 is 0 Å². The number of hydrogen-bond donors (Lipinski definition) is 4. The van der Waals surface area contributed by atoms with Crippen molar-refractivity contribution in [2.45, 2.75) is 57.7 Å². The maximum Gasteiger partial charge on any atom is 0.262 e. The number of hydrazine groups is 1. The normalized spacial score (nSPS) is 26.0. The number of fused-ring (bicyclic) bond motifs is 1. The molecule has 2 heterocycles. The summed E-state index contributed by atoms with van der Waals surface area (Å²) < 4.78 is 0. The first-order chi connectivity index (χ1) is 14.3. The summed E-state index contributed by atoms with van der Waals surface area (Å²) in [5.41, 5.74) is 7.90. The minimum atomic E-state index is -0.939. The van der Waals surface area contributed by atoms with Gasteiger partial charge in [-0.05, 0) is 57.2 Å². The van der Waals surface area contributed by atoms with Crippen molar-refractivity contribution in [3.05, 3.63) is 29.3 Å². The molecule has 30 heavy (non-hydrogen) atoms. The number of benzene rings is 1. The minimum Gasteiger partial charge on any atom is -0.385 e. The number of amides is 4. The van der Waals surface area contributed by atoms with Crippen LogP contribution in [0, 0.1) is 5.92 Å². The molecule has 4 amide bonds. The van der Waals surface area contributed by atoms with Gasteiger partial charge in [0.25, 0.3) is 11.8 Å². The molecule has 160 valence electrons. The molecule has 0 aromatic heterocycles. The molecule has 0 bridgehead atoms. The number of carbonyl (C=O) groups excluding carboxylic acids is 4. The van der Waals surface area contributed by atoms with E-state index in [1.807, 2.05) is 0 Å². The highest BCUT2D eigenvalue weighted by molar-refractivity contribution is 6.23. The Kier molecular flexibility index (Phi) is 5.57. The van der Waals surface area contributed by atoms with Crippen LogP contribution in [-0.2, 0) is 9.59 Å². The third kappa shape index (κ3) is 3.95. The Morgan fingerprint density at radius 2 is 1.83 bits per heavy atom. The second kappa shape index (κ2) is 8.16. The van der Waals surface area contributed by atoms with Gasteiger partial charge in [0, 0.05) is 30.7 Å². The van der Waals surface area contributed by atoms with Crippen LogP contribution < -0.4 is 21.5 Å². The van der Waals surface area contributed by atoms with E-state index in [1.54, 1.807) is 18.2 Å². The van der Waals surface area contributed by atoms with Gasteiger partial charge in [0.05, 0.1) is 11.1 Å². The number of piperidine rings is 1. The molecule has 4 rings (SSSR count). The van der Waals surface area contributed by atoms with Crippen molar-refractivity contribution in [1.29, 1.82) is 0 Å². The fourth-order valence-corrected chi connectivity index (χ4v) is 4.15. The average Bonchev–Trinajstić information content (AvgIpc) is 2.90. The van der Waals surface area contributed by atoms with Gasteiger partial charge in [0.15, 0.2) is 0 Å². The number of nitrogens with one attached hydrogen (secondary N) is 4. The second-order valence-electron chi connectivity index (χ2n) is 8.57. The third-order valence-electron chi connectivity index (χ3n) is 5.85. The molecule has 1 saturated heterocycles. The van der Waals surface area contributed by atoms with Crippen LogP contribution in [0.15, 0.2) is 18.2 Å². The summed E-state index contributed by atoms with van der Waals surface area (Å²) in [7, 11) is 0. The van der Waals surface area contributed by atoms with Gasteiger partial charge in [0.2, 0.25) is 11.8 Å². The van der Waals surface area contributed by atoms with E-state index in [9.17, 15) is 19.2 Å². The Balaban J connectivity index is 1.36. The standard InChI is InChI=1S/C21H27N5O4/c1-11(2)24-25-14-7-12(8-14)10-22-13-3-4-15-16(9-13)21(30)26(20(15)29)17-5-6-18(27)23-19(17)28/h3-4,9,11-12,14,17,22,24-25H,5-8,10H2,1-2H3,(H,23,27,28). The van der Waals surface area contributed by atoms with Crippen molar-refractivity contribution in [3.8, 4) is 0 Å². The molecule has 1 atom stereocenters. The lowest BCUT2D eigenvalue weighted by Crippen LogP contribution is -2.54. The number of nitrogens with zero attached hydrogens (tertiary/aromatic N) is 1. The zero-order valence-corrected chi connectivity index (χ0v) is 17.2. The molecule has 9 heteroatoms. The van der Waals surface area contributed by atoms with Crippen LogP contribution in [0.5, 0.6) is 0 Å². The molecule has 2 aliphatic heterocycles. The first kappa shape index (κ1) is 20.5. The fourth-order valence-electron chi connectivity index (χ4n) is 4.15. The van der Waals surface area contributed by atoms with Crippen molar-refractivity contribution in [1.82, 2.24) is 21.1 Å². The van der Waals surface area contributed by atoms with Crippen LogP contribution in [-0.4, -0.2) is 53.2 Å². The van der Waals surface area contributed by atoms with Crippen molar-refractivity contribution in [2.75, 3.05) is 11.9 Å². The summed E-state index contributed by atoms with van der Waals surface area (Å²) in [5.74, 6) is -1.41. The average molecular weight is 413 g/mol. The zero-order valence-electron chi connectivity index (χ0n) is 17.2. The van der Waals surface area contributed by atoms with E-state index in [4.69, 9.17) is 0 Å². The third-order valence-corrected chi connectivity index (χ3v) is 5.85. The van der Waals surface area contributed by atoms with Gasteiger partial charge in [-0.15, -0.1) is 0 Å². The van der Waals surface area contributed by atoms with Crippen molar-refractivity contribution in [3.63, 3.8) is 0 Å². The predicted molar refractivity (Wildman–Crippen MR) is 110 cm³/mol. The highest BCUT2D eigenvalue weighted by atomic mass is 16.2. The lowest BCUT2D eigenvalue weighted by Gasteiger charge is -2.36. The van der Waals surface area contributed by atoms with E-state index in [1.165, 1.54) is 0 Å². The van der Waals surface area contributed by atoms with Gasteiger partial charge in [-0.1, -0.05) is 0 Å². The summed E-state index contributed by atoms with van der Waals surface area (Å²) in [4.78, 5) is 50.1. The van der Waals surface area contributed by atoms with Crippen LogP contribution >= 0.6 is 0 Å². The van der Waals surface area contributed by atoms with E-state index >= 15 is 0 Å². The van der Waals surface area contributed by atoms with E-state index < -0.39 is 23.8 Å². The SMILES string of the molecule is CC(C)NNC1CC(CNc2ccc3c(c2)C(=O)N(C2CCC(=O)NC2=O)C3=O)C1.